The van der Waals surface area contributed by atoms with Crippen molar-refractivity contribution in [2.75, 3.05) is 0 Å². The van der Waals surface area contributed by atoms with E-state index in [1.54, 1.807) is 0 Å². The molecule has 0 aliphatic heterocycles. The van der Waals surface area contributed by atoms with E-state index in [9.17, 15) is 4.79 Å². The molecule has 2 aliphatic carbocycles. The number of amides is 1. The molecule has 3 nitrogen and oxygen atoms in total. The Bertz CT molecular complexity index is 261. The largest absolute Gasteiger partial charge is 0.353 e. The van der Waals surface area contributed by atoms with E-state index in [4.69, 9.17) is 5.73 Å². The number of nitrogens with one attached hydrogen (secondary N) is 1. The zero-order valence-corrected chi connectivity index (χ0v) is 10.4. The maximum absolute atomic E-state index is 12.2. The van der Waals surface area contributed by atoms with Gasteiger partial charge < -0.3 is 11.1 Å². The van der Waals surface area contributed by atoms with Crippen molar-refractivity contribution < 1.29 is 4.79 Å². The third-order valence-corrected chi connectivity index (χ3v) is 4.62. The first-order valence-electron chi connectivity index (χ1n) is 6.73. The second kappa shape index (κ2) is 4.74. The van der Waals surface area contributed by atoms with Gasteiger partial charge in [0.05, 0.1) is 5.92 Å². The SMILES string of the molecule is CCC(CC)NC(=O)C1C2CCC(C2)C1N. The Morgan fingerprint density at radius 2 is 1.94 bits per heavy atom. The van der Waals surface area contributed by atoms with Gasteiger partial charge in [-0.25, -0.2) is 0 Å². The topological polar surface area (TPSA) is 55.1 Å². The van der Waals surface area contributed by atoms with Crippen molar-refractivity contribution in [1.29, 1.82) is 0 Å². The lowest BCUT2D eigenvalue weighted by molar-refractivity contribution is -0.127. The quantitative estimate of drug-likeness (QED) is 0.763. The zero-order valence-electron chi connectivity index (χ0n) is 10.4. The minimum absolute atomic E-state index is 0.0966. The number of rotatable bonds is 4. The van der Waals surface area contributed by atoms with Crippen LogP contribution in [0.1, 0.15) is 46.0 Å². The molecule has 4 unspecified atom stereocenters. The molecule has 0 heterocycles. The maximum Gasteiger partial charge on any atom is 0.225 e. The Morgan fingerprint density at radius 3 is 2.44 bits per heavy atom. The van der Waals surface area contributed by atoms with Crippen molar-refractivity contribution in [1.82, 2.24) is 5.32 Å². The van der Waals surface area contributed by atoms with Crippen LogP contribution in [0.25, 0.3) is 0 Å². The predicted octanol–water partition coefficient (Wildman–Crippen LogP) is 1.66. The fourth-order valence-corrected chi connectivity index (χ4v) is 3.52. The molecule has 92 valence electrons. The summed E-state index contributed by atoms with van der Waals surface area (Å²) in [4.78, 5) is 12.2. The minimum Gasteiger partial charge on any atom is -0.353 e. The van der Waals surface area contributed by atoms with Crippen LogP contribution in [0.2, 0.25) is 0 Å². The molecule has 0 radical (unpaired) electrons. The van der Waals surface area contributed by atoms with Gasteiger partial charge in [0, 0.05) is 12.1 Å². The highest BCUT2D eigenvalue weighted by atomic mass is 16.2. The summed E-state index contributed by atoms with van der Waals surface area (Å²) in [6.45, 7) is 4.24. The number of fused-ring (bicyclic) bond motifs is 2. The van der Waals surface area contributed by atoms with Gasteiger partial charge in [-0.1, -0.05) is 13.8 Å². The van der Waals surface area contributed by atoms with E-state index in [-0.39, 0.29) is 17.9 Å². The van der Waals surface area contributed by atoms with Crippen LogP contribution in [-0.2, 0) is 4.79 Å². The number of carbonyl (C=O) groups excluding carboxylic acids is 1. The monoisotopic (exact) mass is 224 g/mol. The van der Waals surface area contributed by atoms with Gasteiger partial charge in [-0.15, -0.1) is 0 Å². The molecule has 4 atom stereocenters. The van der Waals surface area contributed by atoms with Gasteiger partial charge in [0.2, 0.25) is 5.91 Å². The summed E-state index contributed by atoms with van der Waals surface area (Å²) < 4.78 is 0. The Morgan fingerprint density at radius 1 is 1.31 bits per heavy atom. The molecule has 16 heavy (non-hydrogen) atoms. The lowest BCUT2D eigenvalue weighted by atomic mass is 9.84. The highest BCUT2D eigenvalue weighted by Crippen LogP contribution is 2.47. The second-order valence-electron chi connectivity index (χ2n) is 5.46. The van der Waals surface area contributed by atoms with Crippen LogP contribution in [-0.4, -0.2) is 18.0 Å². The third-order valence-electron chi connectivity index (χ3n) is 4.62. The average Bonchev–Trinajstić information content (AvgIpc) is 2.85. The molecule has 2 fully saturated rings. The minimum atomic E-state index is 0.0966. The summed E-state index contributed by atoms with van der Waals surface area (Å²) >= 11 is 0. The lowest BCUT2D eigenvalue weighted by Gasteiger charge is -2.28. The van der Waals surface area contributed by atoms with E-state index in [0.717, 1.165) is 12.8 Å². The molecule has 2 aliphatic rings. The molecular formula is C13H24N2O. The Labute approximate surface area is 98.2 Å². The van der Waals surface area contributed by atoms with Gasteiger partial charge in [-0.2, -0.15) is 0 Å². The Balaban J connectivity index is 1.95. The van der Waals surface area contributed by atoms with Crippen LogP contribution < -0.4 is 11.1 Å². The van der Waals surface area contributed by atoms with E-state index in [1.807, 2.05) is 0 Å². The first-order chi connectivity index (χ1) is 7.67. The molecule has 0 spiro atoms. The summed E-state index contributed by atoms with van der Waals surface area (Å²) in [6, 6.07) is 0.451. The van der Waals surface area contributed by atoms with Gasteiger partial charge in [-0.05, 0) is 43.9 Å². The Kier molecular flexibility index (Phi) is 3.53. The highest BCUT2D eigenvalue weighted by molar-refractivity contribution is 5.80. The van der Waals surface area contributed by atoms with Gasteiger partial charge in [0.15, 0.2) is 0 Å². The smallest absolute Gasteiger partial charge is 0.225 e. The van der Waals surface area contributed by atoms with Crippen LogP contribution in [0.15, 0.2) is 0 Å². The summed E-state index contributed by atoms with van der Waals surface area (Å²) in [5.74, 6) is 1.49. The molecule has 0 aromatic carbocycles. The fraction of sp³-hybridized carbons (Fsp3) is 0.923. The third kappa shape index (κ3) is 1.97. The van der Waals surface area contributed by atoms with E-state index in [1.165, 1.54) is 19.3 Å². The van der Waals surface area contributed by atoms with E-state index in [2.05, 4.69) is 19.2 Å². The lowest BCUT2D eigenvalue weighted by Crippen LogP contribution is -2.47. The second-order valence-corrected chi connectivity index (χ2v) is 5.46. The standard InChI is InChI=1S/C13H24N2O/c1-3-10(4-2)15-13(16)11-8-5-6-9(7-8)12(11)14/h8-12H,3-7,14H2,1-2H3,(H,15,16). The van der Waals surface area contributed by atoms with Crippen molar-refractivity contribution in [3.63, 3.8) is 0 Å². The van der Waals surface area contributed by atoms with Crippen molar-refractivity contribution in [2.45, 2.75) is 58.0 Å². The van der Waals surface area contributed by atoms with Crippen LogP contribution >= 0.6 is 0 Å². The van der Waals surface area contributed by atoms with Gasteiger partial charge in [0.1, 0.15) is 0 Å². The normalized spacial score (nSPS) is 37.0. The molecule has 2 rings (SSSR count). The van der Waals surface area contributed by atoms with E-state index >= 15 is 0 Å². The first kappa shape index (κ1) is 11.9. The summed E-state index contributed by atoms with van der Waals surface area (Å²) in [6.07, 6.45) is 5.65. The number of nitrogens with two attached hydrogens (primary N) is 1. The summed E-state index contributed by atoms with van der Waals surface area (Å²) in [5, 5.41) is 3.15. The number of hydrogen-bond acceptors (Lipinski definition) is 2. The molecule has 3 N–H and O–H groups in total. The number of carbonyl (C=O) groups is 1. The highest BCUT2D eigenvalue weighted by Gasteiger charge is 2.49. The van der Waals surface area contributed by atoms with Crippen molar-refractivity contribution in [2.24, 2.45) is 23.5 Å². The Hall–Kier alpha value is -0.570. The number of hydrogen-bond donors (Lipinski definition) is 2. The zero-order chi connectivity index (χ0) is 11.7. The average molecular weight is 224 g/mol. The van der Waals surface area contributed by atoms with E-state index in [0.29, 0.717) is 17.9 Å². The molecular weight excluding hydrogens is 200 g/mol. The predicted molar refractivity (Wildman–Crippen MR) is 64.8 cm³/mol. The van der Waals surface area contributed by atoms with Gasteiger partial charge in [0.25, 0.3) is 0 Å². The summed E-state index contributed by atoms with van der Waals surface area (Å²) in [5.41, 5.74) is 6.16. The summed E-state index contributed by atoms with van der Waals surface area (Å²) in [7, 11) is 0. The van der Waals surface area contributed by atoms with Crippen LogP contribution in [0.3, 0.4) is 0 Å². The molecule has 0 aromatic heterocycles. The maximum atomic E-state index is 12.2. The van der Waals surface area contributed by atoms with Gasteiger partial charge in [-0.3, -0.25) is 4.79 Å². The van der Waals surface area contributed by atoms with Crippen molar-refractivity contribution in [3.8, 4) is 0 Å². The molecule has 2 bridgehead atoms. The first-order valence-corrected chi connectivity index (χ1v) is 6.73. The molecule has 2 saturated carbocycles. The van der Waals surface area contributed by atoms with Gasteiger partial charge >= 0.3 is 0 Å². The van der Waals surface area contributed by atoms with Crippen molar-refractivity contribution in [3.05, 3.63) is 0 Å². The van der Waals surface area contributed by atoms with Crippen LogP contribution in [0.5, 0.6) is 0 Å². The fourth-order valence-electron chi connectivity index (χ4n) is 3.52. The molecule has 0 saturated heterocycles. The molecule has 3 heteroatoms. The van der Waals surface area contributed by atoms with E-state index < -0.39 is 0 Å². The molecule has 0 aromatic rings. The molecule has 1 amide bonds. The van der Waals surface area contributed by atoms with Crippen LogP contribution in [0, 0.1) is 17.8 Å². The van der Waals surface area contributed by atoms with Crippen molar-refractivity contribution >= 4 is 5.91 Å². The van der Waals surface area contributed by atoms with Crippen LogP contribution in [0.4, 0.5) is 0 Å².